The first-order chi connectivity index (χ1) is 13.4. The van der Waals surface area contributed by atoms with Gasteiger partial charge in [0, 0.05) is 6.07 Å². The largest absolute Gasteiger partial charge is 0.450 e. The fourth-order valence-corrected chi connectivity index (χ4v) is 2.49. The minimum atomic E-state index is -5.32. The summed E-state index contributed by atoms with van der Waals surface area (Å²) in [5.74, 6) is -2.15. The van der Waals surface area contributed by atoms with Gasteiger partial charge in [-0.1, -0.05) is 18.2 Å². The number of halogens is 6. The molecule has 0 atom stereocenters. The van der Waals surface area contributed by atoms with E-state index in [4.69, 9.17) is 4.74 Å². The molecule has 0 aliphatic heterocycles. The summed E-state index contributed by atoms with van der Waals surface area (Å²) in [6.45, 7) is 0. The van der Waals surface area contributed by atoms with Crippen LogP contribution in [0.3, 0.4) is 0 Å². The number of imidazole rings is 1. The van der Waals surface area contributed by atoms with Gasteiger partial charge in [-0.25, -0.2) is 14.3 Å². The van der Waals surface area contributed by atoms with Crippen molar-refractivity contribution in [3.8, 4) is 5.75 Å². The van der Waals surface area contributed by atoms with Crippen molar-refractivity contribution >= 4 is 22.8 Å². The van der Waals surface area contributed by atoms with Crippen LogP contribution in [0.15, 0.2) is 42.5 Å². The van der Waals surface area contributed by atoms with Gasteiger partial charge in [0.15, 0.2) is 5.52 Å². The second kappa shape index (κ2) is 6.76. The number of nitro groups is 1. The molecule has 152 valence electrons. The minimum Gasteiger partial charge on any atom is -0.410 e. The summed E-state index contributed by atoms with van der Waals surface area (Å²) in [6, 6.07) is 6.98. The number of rotatable bonds is 2. The number of ether oxygens (including phenoxy) is 1. The Kier molecular flexibility index (Phi) is 4.68. The molecular formula is C16H7F6N3O4. The van der Waals surface area contributed by atoms with Gasteiger partial charge in [-0.3, -0.25) is 10.1 Å². The number of fused-ring (bicyclic) bond motifs is 1. The van der Waals surface area contributed by atoms with Crippen LogP contribution < -0.4 is 4.74 Å². The monoisotopic (exact) mass is 419 g/mol. The molecule has 7 nitrogen and oxygen atoms in total. The summed E-state index contributed by atoms with van der Waals surface area (Å²) in [5, 5.41) is 11.2. The van der Waals surface area contributed by atoms with Crippen LogP contribution in [0.5, 0.6) is 5.75 Å². The van der Waals surface area contributed by atoms with E-state index in [9.17, 15) is 41.3 Å². The Balaban J connectivity index is 2.31. The van der Waals surface area contributed by atoms with E-state index in [0.717, 1.165) is 0 Å². The number of hydrogen-bond acceptors (Lipinski definition) is 5. The molecule has 0 aliphatic carbocycles. The van der Waals surface area contributed by atoms with E-state index in [1.165, 1.54) is 30.3 Å². The summed E-state index contributed by atoms with van der Waals surface area (Å²) >= 11 is 0. The van der Waals surface area contributed by atoms with Crippen molar-refractivity contribution in [1.82, 2.24) is 9.55 Å². The molecule has 0 saturated carbocycles. The van der Waals surface area contributed by atoms with Crippen LogP contribution in [0.4, 0.5) is 36.8 Å². The number of hydrogen-bond donors (Lipinski definition) is 0. The highest BCUT2D eigenvalue weighted by Gasteiger charge is 2.43. The van der Waals surface area contributed by atoms with Crippen molar-refractivity contribution < 1.29 is 40.8 Å². The van der Waals surface area contributed by atoms with Crippen molar-refractivity contribution in [2.24, 2.45) is 0 Å². The first-order valence-electron chi connectivity index (χ1n) is 7.52. The highest BCUT2D eigenvalue weighted by atomic mass is 19.4. The average Bonchev–Trinajstić information content (AvgIpc) is 3.01. The Morgan fingerprint density at radius 1 is 1.03 bits per heavy atom. The molecule has 1 heterocycles. The fraction of sp³-hybridized carbons (Fsp3) is 0.125. The molecular weight excluding hydrogens is 412 g/mol. The van der Waals surface area contributed by atoms with Gasteiger partial charge in [0.2, 0.25) is 5.82 Å². The molecule has 0 N–H and O–H groups in total. The van der Waals surface area contributed by atoms with Gasteiger partial charge in [-0.15, -0.1) is 0 Å². The Bertz CT molecular complexity index is 1110. The summed E-state index contributed by atoms with van der Waals surface area (Å²) in [7, 11) is 0. The topological polar surface area (TPSA) is 87.3 Å². The number of para-hydroxylation sites is 1. The molecule has 0 aliphatic rings. The lowest BCUT2D eigenvalue weighted by molar-refractivity contribution is -0.383. The first kappa shape index (κ1) is 20.1. The molecule has 3 rings (SSSR count). The van der Waals surface area contributed by atoms with E-state index in [1.54, 1.807) is 0 Å². The van der Waals surface area contributed by atoms with E-state index < -0.39 is 51.5 Å². The second-order valence-electron chi connectivity index (χ2n) is 5.57. The molecule has 0 saturated heterocycles. The zero-order valence-electron chi connectivity index (χ0n) is 13.8. The highest BCUT2D eigenvalue weighted by Crippen LogP contribution is 2.39. The smallest absolute Gasteiger partial charge is 0.410 e. The van der Waals surface area contributed by atoms with Gasteiger partial charge < -0.3 is 4.74 Å². The van der Waals surface area contributed by atoms with Crippen LogP contribution in [-0.2, 0) is 12.4 Å². The quantitative estimate of drug-likeness (QED) is 0.330. The van der Waals surface area contributed by atoms with Crippen molar-refractivity contribution in [2.75, 3.05) is 0 Å². The normalized spacial score (nSPS) is 12.2. The van der Waals surface area contributed by atoms with Gasteiger partial charge in [-0.05, 0) is 18.2 Å². The Hall–Kier alpha value is -3.64. The SMILES string of the molecule is O=C(Oc1ccccc1)n1c(C(F)(F)F)nc2cc(C(F)(F)F)cc([N+](=O)[O-])c21. The first-order valence-corrected chi connectivity index (χ1v) is 7.52. The standard InChI is InChI=1S/C16H7F6N3O4/c17-15(18,19)8-6-10-12(11(7-8)25(27)28)24(13(23-10)16(20,21)22)14(26)29-9-4-2-1-3-5-9/h1-7H. The third-order valence-corrected chi connectivity index (χ3v) is 3.64. The van der Waals surface area contributed by atoms with Crippen LogP contribution in [0, 0.1) is 10.1 Å². The van der Waals surface area contributed by atoms with Gasteiger partial charge in [0.1, 0.15) is 5.75 Å². The van der Waals surface area contributed by atoms with Crippen LogP contribution in [0.25, 0.3) is 11.0 Å². The molecule has 0 fully saturated rings. The Morgan fingerprint density at radius 2 is 1.66 bits per heavy atom. The number of carbonyl (C=O) groups excluding carboxylic acids is 1. The molecule has 1 aromatic heterocycles. The number of nitrogens with zero attached hydrogens (tertiary/aromatic N) is 3. The Labute approximate surface area is 156 Å². The van der Waals surface area contributed by atoms with E-state index in [2.05, 4.69) is 4.98 Å². The molecule has 29 heavy (non-hydrogen) atoms. The lowest BCUT2D eigenvalue weighted by Crippen LogP contribution is -2.24. The summed E-state index contributed by atoms with van der Waals surface area (Å²) in [6.07, 6.45) is -12.1. The van der Waals surface area contributed by atoms with Gasteiger partial charge in [0.25, 0.3) is 5.69 Å². The molecule has 0 amide bonds. The van der Waals surface area contributed by atoms with Crippen LogP contribution in [0.1, 0.15) is 11.4 Å². The van der Waals surface area contributed by atoms with Gasteiger partial charge >= 0.3 is 18.4 Å². The summed E-state index contributed by atoms with van der Waals surface area (Å²) < 4.78 is 83.5. The number of carbonyl (C=O) groups is 1. The predicted molar refractivity (Wildman–Crippen MR) is 84.3 cm³/mol. The third-order valence-electron chi connectivity index (χ3n) is 3.64. The number of nitro benzene ring substituents is 1. The highest BCUT2D eigenvalue weighted by molar-refractivity contribution is 5.94. The molecule has 0 spiro atoms. The van der Waals surface area contributed by atoms with E-state index in [-0.39, 0.29) is 22.4 Å². The maximum Gasteiger partial charge on any atom is 0.450 e. The van der Waals surface area contributed by atoms with Crippen molar-refractivity contribution in [1.29, 1.82) is 0 Å². The van der Waals surface area contributed by atoms with E-state index >= 15 is 0 Å². The maximum atomic E-state index is 13.4. The lowest BCUT2D eigenvalue weighted by atomic mass is 10.1. The molecule has 0 bridgehead atoms. The van der Waals surface area contributed by atoms with Crippen LogP contribution >= 0.6 is 0 Å². The minimum absolute atomic E-state index is 0.0243. The molecule has 2 aromatic carbocycles. The number of non-ortho nitro benzene ring substituents is 1. The zero-order chi connectivity index (χ0) is 21.6. The predicted octanol–water partition coefficient (Wildman–Crippen LogP) is 5.03. The van der Waals surface area contributed by atoms with E-state index in [0.29, 0.717) is 0 Å². The fourth-order valence-electron chi connectivity index (χ4n) is 2.49. The number of alkyl halides is 6. The molecule has 0 radical (unpaired) electrons. The van der Waals surface area contributed by atoms with Crippen LogP contribution in [0.2, 0.25) is 0 Å². The van der Waals surface area contributed by atoms with Gasteiger partial charge in [0.05, 0.1) is 16.0 Å². The molecule has 13 heteroatoms. The lowest BCUT2D eigenvalue weighted by Gasteiger charge is -2.11. The average molecular weight is 419 g/mol. The maximum absolute atomic E-state index is 13.4. The summed E-state index contributed by atoms with van der Waals surface area (Å²) in [4.78, 5) is 25.3. The number of benzene rings is 2. The second-order valence-corrected chi connectivity index (χ2v) is 5.57. The van der Waals surface area contributed by atoms with Gasteiger partial charge in [-0.2, -0.15) is 26.3 Å². The van der Waals surface area contributed by atoms with E-state index in [1.807, 2.05) is 0 Å². The molecule has 3 aromatic rings. The summed E-state index contributed by atoms with van der Waals surface area (Å²) in [5.41, 5.74) is -5.09. The van der Waals surface area contributed by atoms with Crippen LogP contribution in [-0.4, -0.2) is 20.6 Å². The molecule has 0 unspecified atom stereocenters. The zero-order valence-corrected chi connectivity index (χ0v) is 13.8. The Morgan fingerprint density at radius 3 is 2.17 bits per heavy atom. The third kappa shape index (κ3) is 3.83. The van der Waals surface area contributed by atoms with Crippen molar-refractivity contribution in [3.63, 3.8) is 0 Å². The number of aromatic nitrogens is 2. The van der Waals surface area contributed by atoms with Crippen molar-refractivity contribution in [2.45, 2.75) is 12.4 Å². The van der Waals surface area contributed by atoms with Crippen molar-refractivity contribution in [3.05, 3.63) is 64.0 Å².